The molecule has 0 saturated carbocycles. The van der Waals surface area contributed by atoms with Crippen LogP contribution in [-0.4, -0.2) is 20.0 Å². The molecule has 4 aromatic rings. The molecule has 0 aliphatic rings. The van der Waals surface area contributed by atoms with Gasteiger partial charge in [0.25, 0.3) is 5.56 Å². The van der Waals surface area contributed by atoms with Crippen molar-refractivity contribution in [3.63, 3.8) is 0 Å². The number of fused-ring (bicyclic) bond motifs is 2. The Morgan fingerprint density at radius 3 is 2.70 bits per heavy atom. The third-order valence-corrected chi connectivity index (χ3v) is 5.43. The number of benzene rings is 1. The molecule has 0 saturated heterocycles. The molecule has 3 heterocycles. The molecule has 136 valence electrons. The minimum Gasteiger partial charge on any atom is -0.477 e. The van der Waals surface area contributed by atoms with E-state index in [1.807, 2.05) is 0 Å². The maximum atomic E-state index is 12.7. The highest BCUT2D eigenvalue weighted by Crippen LogP contribution is 2.18. The van der Waals surface area contributed by atoms with Crippen LogP contribution in [0.1, 0.15) is 20.8 Å². The quantitative estimate of drug-likeness (QED) is 0.538. The van der Waals surface area contributed by atoms with Crippen LogP contribution in [0.5, 0.6) is 0 Å². The van der Waals surface area contributed by atoms with Crippen molar-refractivity contribution < 1.29 is 14.3 Å². The molecule has 0 unspecified atom stereocenters. The zero-order valence-corrected chi connectivity index (χ0v) is 14.8. The summed E-state index contributed by atoms with van der Waals surface area (Å²) in [6.45, 7) is 1.57. The Morgan fingerprint density at radius 2 is 1.96 bits per heavy atom. The summed E-state index contributed by atoms with van der Waals surface area (Å²) in [5, 5.41) is 9.81. The second-order valence-corrected chi connectivity index (χ2v) is 7.03. The van der Waals surface area contributed by atoms with Gasteiger partial charge in [0.2, 0.25) is 0 Å². The van der Waals surface area contributed by atoms with Crippen LogP contribution in [0.3, 0.4) is 0 Å². The molecule has 4 rings (SSSR count). The number of rotatable bonds is 3. The lowest BCUT2D eigenvalue weighted by Gasteiger charge is -2.08. The highest BCUT2D eigenvalue weighted by molar-refractivity contribution is 7.19. The van der Waals surface area contributed by atoms with Gasteiger partial charge in [-0.3, -0.25) is 13.8 Å². The molecule has 0 amide bonds. The summed E-state index contributed by atoms with van der Waals surface area (Å²) in [5.74, 6) is -1.16. The molecule has 0 atom stereocenters. The van der Waals surface area contributed by atoms with Gasteiger partial charge >= 0.3 is 17.3 Å². The number of carboxylic acid groups (broad SMARTS) is 1. The third kappa shape index (κ3) is 2.77. The van der Waals surface area contributed by atoms with Gasteiger partial charge in [-0.2, -0.15) is 0 Å². The molecule has 0 aliphatic heterocycles. The number of aromatic carboxylic acids is 1. The first-order chi connectivity index (χ1) is 12.8. The Morgan fingerprint density at radius 1 is 1.19 bits per heavy atom. The minimum atomic E-state index is -1.16. The molecule has 9 heteroatoms. The van der Waals surface area contributed by atoms with E-state index < -0.39 is 22.8 Å². The largest absolute Gasteiger partial charge is 0.477 e. The van der Waals surface area contributed by atoms with E-state index in [0.717, 1.165) is 15.9 Å². The van der Waals surface area contributed by atoms with E-state index in [4.69, 9.17) is 9.52 Å². The van der Waals surface area contributed by atoms with Gasteiger partial charge in [0, 0.05) is 23.2 Å². The van der Waals surface area contributed by atoms with E-state index in [1.165, 1.54) is 16.7 Å². The number of aryl methyl sites for hydroxylation is 1. The van der Waals surface area contributed by atoms with E-state index in [2.05, 4.69) is 0 Å². The van der Waals surface area contributed by atoms with Crippen molar-refractivity contribution in [2.45, 2.75) is 13.5 Å². The molecule has 0 radical (unpaired) electrons. The number of aromatic nitrogens is 2. The van der Waals surface area contributed by atoms with Crippen molar-refractivity contribution in [1.29, 1.82) is 0 Å². The predicted molar refractivity (Wildman–Crippen MR) is 99.1 cm³/mol. The summed E-state index contributed by atoms with van der Waals surface area (Å²) < 4.78 is 7.31. The molecule has 0 aliphatic carbocycles. The Balaban J connectivity index is 1.88. The Bertz CT molecular complexity index is 1410. The average Bonchev–Trinajstić information content (AvgIpc) is 3.09. The summed E-state index contributed by atoms with van der Waals surface area (Å²) in [5.41, 5.74) is -0.159. The lowest BCUT2D eigenvalue weighted by molar-refractivity contribution is 0.0701. The van der Waals surface area contributed by atoms with Crippen LogP contribution in [-0.2, 0) is 6.54 Å². The van der Waals surface area contributed by atoms with Crippen molar-refractivity contribution in [3.05, 3.63) is 83.8 Å². The molecule has 0 spiro atoms. The second kappa shape index (κ2) is 6.06. The zero-order valence-electron chi connectivity index (χ0n) is 14.0. The van der Waals surface area contributed by atoms with Crippen LogP contribution in [0, 0.1) is 6.92 Å². The zero-order chi connectivity index (χ0) is 19.3. The minimum absolute atomic E-state index is 0.00869. The van der Waals surface area contributed by atoms with Crippen LogP contribution < -0.4 is 16.9 Å². The summed E-state index contributed by atoms with van der Waals surface area (Å²) in [6.07, 6.45) is 1.22. The first-order valence-corrected chi connectivity index (χ1v) is 8.68. The van der Waals surface area contributed by atoms with Crippen LogP contribution in [0.25, 0.3) is 15.8 Å². The second-order valence-electron chi connectivity index (χ2n) is 6.00. The van der Waals surface area contributed by atoms with E-state index >= 15 is 0 Å². The maximum absolute atomic E-state index is 12.7. The lowest BCUT2D eigenvalue weighted by Crippen LogP contribution is -2.38. The fourth-order valence-electron chi connectivity index (χ4n) is 2.91. The number of hydrogen-bond donors (Lipinski definition) is 1. The van der Waals surface area contributed by atoms with Gasteiger partial charge in [0.05, 0.1) is 6.54 Å². The number of thiazole rings is 1. The highest BCUT2D eigenvalue weighted by atomic mass is 32.1. The molecule has 0 fully saturated rings. The van der Waals surface area contributed by atoms with Gasteiger partial charge in [-0.05, 0) is 30.7 Å². The first kappa shape index (κ1) is 17.0. The van der Waals surface area contributed by atoms with E-state index in [0.29, 0.717) is 26.9 Å². The van der Waals surface area contributed by atoms with Crippen molar-refractivity contribution in [1.82, 2.24) is 8.97 Å². The molecular formula is C18H12N2O6S. The fourth-order valence-corrected chi connectivity index (χ4v) is 3.83. The van der Waals surface area contributed by atoms with Gasteiger partial charge in [-0.1, -0.05) is 6.07 Å². The molecule has 8 nitrogen and oxygen atoms in total. The van der Waals surface area contributed by atoms with Gasteiger partial charge < -0.3 is 9.52 Å². The predicted octanol–water partition coefficient (Wildman–Crippen LogP) is 1.68. The number of hydrogen-bond acceptors (Lipinski definition) is 6. The third-order valence-electron chi connectivity index (χ3n) is 4.23. The number of carbonyl (C=O) groups is 1. The highest BCUT2D eigenvalue weighted by Gasteiger charge is 2.17. The van der Waals surface area contributed by atoms with Crippen molar-refractivity contribution in [2.75, 3.05) is 0 Å². The average molecular weight is 384 g/mol. The van der Waals surface area contributed by atoms with E-state index in [9.17, 15) is 19.2 Å². The van der Waals surface area contributed by atoms with Gasteiger partial charge in [0.15, 0.2) is 0 Å². The topological polar surface area (TPSA) is 111 Å². The Labute approximate surface area is 154 Å². The summed E-state index contributed by atoms with van der Waals surface area (Å²) in [7, 11) is 0. The van der Waals surface area contributed by atoms with Gasteiger partial charge in [-0.15, -0.1) is 11.3 Å². The summed E-state index contributed by atoms with van der Waals surface area (Å²) in [4.78, 5) is 48.1. The monoisotopic (exact) mass is 384 g/mol. The standard InChI is InChI=1S/C18H12N2O6S/c1-9-15(22)19(18(25)20-8-13(17(23)24)27-16(9)20)7-10-2-4-12-11(6-10)3-5-14(21)26-12/h2-6,8H,7H2,1H3,(H,23,24). The van der Waals surface area contributed by atoms with Crippen molar-refractivity contribution >= 4 is 33.1 Å². The smallest absolute Gasteiger partial charge is 0.347 e. The van der Waals surface area contributed by atoms with Crippen LogP contribution in [0.4, 0.5) is 0 Å². The van der Waals surface area contributed by atoms with Gasteiger partial charge in [-0.25, -0.2) is 14.4 Å². The number of carboxylic acids is 1. The van der Waals surface area contributed by atoms with Crippen molar-refractivity contribution in [2.24, 2.45) is 0 Å². The molecule has 0 bridgehead atoms. The molecule has 1 aromatic carbocycles. The molecule has 1 N–H and O–H groups in total. The molecule has 3 aromatic heterocycles. The first-order valence-electron chi connectivity index (χ1n) is 7.87. The summed E-state index contributed by atoms with van der Waals surface area (Å²) in [6, 6.07) is 7.89. The fraction of sp³-hybridized carbons (Fsp3) is 0.111. The lowest BCUT2D eigenvalue weighted by atomic mass is 10.1. The van der Waals surface area contributed by atoms with E-state index in [1.54, 1.807) is 31.2 Å². The summed E-state index contributed by atoms with van der Waals surface area (Å²) >= 11 is 0.887. The van der Waals surface area contributed by atoms with Crippen LogP contribution >= 0.6 is 11.3 Å². The number of nitrogens with zero attached hydrogens (tertiary/aromatic N) is 2. The van der Waals surface area contributed by atoms with Crippen molar-refractivity contribution in [3.8, 4) is 0 Å². The van der Waals surface area contributed by atoms with Crippen LogP contribution in [0.15, 0.2) is 55.3 Å². The normalized spacial score (nSPS) is 11.3. The van der Waals surface area contributed by atoms with E-state index in [-0.39, 0.29) is 11.4 Å². The Kier molecular flexibility index (Phi) is 3.81. The van der Waals surface area contributed by atoms with Gasteiger partial charge in [0.1, 0.15) is 15.3 Å². The SMILES string of the molecule is Cc1c(=O)n(Cc2ccc3oc(=O)ccc3c2)c(=O)n2cc(C(=O)O)sc12. The maximum Gasteiger partial charge on any atom is 0.347 e. The van der Waals surface area contributed by atoms with Crippen LogP contribution in [0.2, 0.25) is 0 Å². The Hall–Kier alpha value is -3.46. The molecule has 27 heavy (non-hydrogen) atoms. The molecular weight excluding hydrogens is 372 g/mol.